The molecule has 0 spiro atoms. The summed E-state index contributed by atoms with van der Waals surface area (Å²) in [4.78, 5) is 0. The molecule has 0 saturated carbocycles. The fraction of sp³-hybridized carbons (Fsp3) is 0. The monoisotopic (exact) mass is 106 g/mol. The SMILES string of the molecule is C1=Cn2nccc2[N]1. The molecule has 1 aliphatic heterocycles. The Morgan fingerprint density at radius 1 is 1.50 bits per heavy atom. The molecule has 0 amide bonds. The second-order valence-electron chi connectivity index (χ2n) is 1.56. The largest absolute Gasteiger partial charge is 0.235 e. The van der Waals surface area contributed by atoms with Gasteiger partial charge in [-0.05, 0) is 0 Å². The van der Waals surface area contributed by atoms with Gasteiger partial charge < -0.3 is 0 Å². The molecule has 1 aromatic rings. The molecule has 0 atom stereocenters. The average Bonchev–Trinajstić information content (AvgIpc) is 2.15. The van der Waals surface area contributed by atoms with E-state index in [-0.39, 0.29) is 0 Å². The molecule has 0 aliphatic carbocycles. The smallest absolute Gasteiger partial charge is 0.154 e. The highest BCUT2D eigenvalue weighted by molar-refractivity contribution is 5.43. The van der Waals surface area contributed by atoms with Gasteiger partial charge in [-0.2, -0.15) is 5.10 Å². The van der Waals surface area contributed by atoms with E-state index in [1.54, 1.807) is 17.1 Å². The molecule has 1 aliphatic rings. The van der Waals surface area contributed by atoms with Crippen molar-refractivity contribution < 1.29 is 0 Å². The maximum absolute atomic E-state index is 3.98. The summed E-state index contributed by atoms with van der Waals surface area (Å²) >= 11 is 0. The molecule has 8 heavy (non-hydrogen) atoms. The van der Waals surface area contributed by atoms with Crippen LogP contribution in [-0.4, -0.2) is 9.78 Å². The molecule has 0 aromatic carbocycles. The highest BCUT2D eigenvalue weighted by atomic mass is 15.3. The summed E-state index contributed by atoms with van der Waals surface area (Å²) in [7, 11) is 0. The fourth-order valence-electron chi connectivity index (χ4n) is 0.697. The molecule has 3 nitrogen and oxygen atoms in total. The first-order valence-electron chi connectivity index (χ1n) is 2.38. The van der Waals surface area contributed by atoms with E-state index in [9.17, 15) is 0 Å². The molecule has 0 fully saturated rings. The van der Waals surface area contributed by atoms with Crippen molar-refractivity contribution in [2.45, 2.75) is 0 Å². The fourth-order valence-corrected chi connectivity index (χ4v) is 0.697. The Labute approximate surface area is 46.6 Å². The first kappa shape index (κ1) is 3.72. The van der Waals surface area contributed by atoms with E-state index in [0.29, 0.717) is 0 Å². The number of fused-ring (bicyclic) bond motifs is 1. The normalized spacial score (nSPS) is 13.5. The molecule has 0 N–H and O–H groups in total. The lowest BCUT2D eigenvalue weighted by atomic mass is 10.6. The average molecular weight is 106 g/mol. The molecule has 0 unspecified atom stereocenters. The van der Waals surface area contributed by atoms with Crippen molar-refractivity contribution in [2.75, 3.05) is 0 Å². The molecule has 1 aromatic heterocycles. The van der Waals surface area contributed by atoms with E-state index in [1.165, 1.54) is 0 Å². The summed E-state index contributed by atoms with van der Waals surface area (Å²) < 4.78 is 1.72. The summed E-state index contributed by atoms with van der Waals surface area (Å²) in [6.45, 7) is 0. The van der Waals surface area contributed by atoms with Gasteiger partial charge >= 0.3 is 0 Å². The molecular weight excluding hydrogens is 102 g/mol. The van der Waals surface area contributed by atoms with Crippen LogP contribution < -0.4 is 5.32 Å². The Kier molecular flexibility index (Phi) is 0.521. The standard InChI is InChI=1S/C5H4N3/c1-2-7-8-4-3-6-5(1)8/h1-4H. The molecule has 1 radical (unpaired) electrons. The molecule has 0 saturated heterocycles. The minimum atomic E-state index is 0.907. The summed E-state index contributed by atoms with van der Waals surface area (Å²) in [5, 5.41) is 7.91. The van der Waals surface area contributed by atoms with E-state index >= 15 is 0 Å². The van der Waals surface area contributed by atoms with Gasteiger partial charge in [0.05, 0.1) is 6.20 Å². The predicted octanol–water partition coefficient (Wildman–Crippen LogP) is 0.561. The molecular formula is C5H4N3. The van der Waals surface area contributed by atoms with E-state index in [0.717, 1.165) is 5.82 Å². The van der Waals surface area contributed by atoms with Crippen molar-refractivity contribution in [3.63, 3.8) is 0 Å². The Hall–Kier alpha value is -1.25. The number of rotatable bonds is 0. The summed E-state index contributed by atoms with van der Waals surface area (Å²) in [5.41, 5.74) is 0. The third kappa shape index (κ3) is 0.307. The maximum Gasteiger partial charge on any atom is 0.154 e. The van der Waals surface area contributed by atoms with Gasteiger partial charge in [-0.15, -0.1) is 0 Å². The van der Waals surface area contributed by atoms with Gasteiger partial charge in [0.2, 0.25) is 0 Å². The lowest BCUT2D eigenvalue weighted by Crippen LogP contribution is -1.84. The van der Waals surface area contributed by atoms with E-state index < -0.39 is 0 Å². The summed E-state index contributed by atoms with van der Waals surface area (Å²) in [5.74, 6) is 0.907. The van der Waals surface area contributed by atoms with Crippen molar-refractivity contribution in [3.8, 4) is 0 Å². The van der Waals surface area contributed by atoms with E-state index in [1.807, 2.05) is 12.3 Å². The Morgan fingerprint density at radius 3 is 3.38 bits per heavy atom. The van der Waals surface area contributed by atoms with Crippen LogP contribution in [0.5, 0.6) is 0 Å². The number of nitrogens with zero attached hydrogens (tertiary/aromatic N) is 3. The van der Waals surface area contributed by atoms with Gasteiger partial charge in [-0.1, -0.05) is 0 Å². The van der Waals surface area contributed by atoms with Crippen molar-refractivity contribution in [2.24, 2.45) is 0 Å². The second kappa shape index (κ2) is 1.12. The zero-order valence-corrected chi connectivity index (χ0v) is 4.15. The summed E-state index contributed by atoms with van der Waals surface area (Å²) in [6, 6.07) is 1.86. The zero-order chi connectivity index (χ0) is 5.40. The molecule has 0 bridgehead atoms. The van der Waals surface area contributed by atoms with Crippen LogP contribution >= 0.6 is 0 Å². The Bertz CT molecular complexity index is 223. The van der Waals surface area contributed by atoms with Crippen molar-refractivity contribution in [1.29, 1.82) is 0 Å². The van der Waals surface area contributed by atoms with Crippen molar-refractivity contribution in [1.82, 2.24) is 15.1 Å². The lowest BCUT2D eigenvalue weighted by molar-refractivity contribution is 0.935. The van der Waals surface area contributed by atoms with Gasteiger partial charge in [-0.25, -0.2) is 10.00 Å². The van der Waals surface area contributed by atoms with Gasteiger partial charge in [0.15, 0.2) is 5.82 Å². The van der Waals surface area contributed by atoms with Crippen LogP contribution in [0.15, 0.2) is 18.5 Å². The third-order valence-corrected chi connectivity index (χ3v) is 1.06. The first-order valence-corrected chi connectivity index (χ1v) is 2.38. The Morgan fingerprint density at radius 2 is 2.50 bits per heavy atom. The van der Waals surface area contributed by atoms with Gasteiger partial charge in [0.25, 0.3) is 0 Å². The number of hydrogen-bond donors (Lipinski definition) is 0. The second-order valence-corrected chi connectivity index (χ2v) is 1.56. The first-order chi connectivity index (χ1) is 3.97. The van der Waals surface area contributed by atoms with Crippen LogP contribution in [0.2, 0.25) is 0 Å². The maximum atomic E-state index is 3.98. The van der Waals surface area contributed by atoms with Crippen LogP contribution in [0.4, 0.5) is 5.82 Å². The minimum Gasteiger partial charge on any atom is -0.235 e. The van der Waals surface area contributed by atoms with Crippen LogP contribution in [0.25, 0.3) is 6.20 Å². The Balaban J connectivity index is 2.67. The third-order valence-electron chi connectivity index (χ3n) is 1.06. The number of aromatic nitrogens is 2. The van der Waals surface area contributed by atoms with Gasteiger partial charge in [0, 0.05) is 18.5 Å². The van der Waals surface area contributed by atoms with E-state index in [4.69, 9.17) is 0 Å². The highest BCUT2D eigenvalue weighted by Crippen LogP contribution is 2.10. The lowest BCUT2D eigenvalue weighted by Gasteiger charge is -1.84. The van der Waals surface area contributed by atoms with Crippen LogP contribution in [0, 0.1) is 0 Å². The van der Waals surface area contributed by atoms with Crippen LogP contribution in [0.1, 0.15) is 0 Å². The topological polar surface area (TPSA) is 31.9 Å². The predicted molar refractivity (Wildman–Crippen MR) is 29.4 cm³/mol. The quantitative estimate of drug-likeness (QED) is 0.475. The minimum absolute atomic E-state index is 0.907. The highest BCUT2D eigenvalue weighted by Gasteiger charge is 2.01. The van der Waals surface area contributed by atoms with Crippen LogP contribution in [0.3, 0.4) is 0 Å². The number of hydrogen-bond acceptors (Lipinski definition) is 1. The molecule has 3 heteroatoms. The van der Waals surface area contributed by atoms with Gasteiger partial charge in [-0.3, -0.25) is 0 Å². The summed E-state index contributed by atoms with van der Waals surface area (Å²) in [6.07, 6.45) is 5.26. The molecule has 2 heterocycles. The van der Waals surface area contributed by atoms with E-state index in [2.05, 4.69) is 10.4 Å². The van der Waals surface area contributed by atoms with Crippen molar-refractivity contribution >= 4 is 12.0 Å². The molecule has 2 rings (SSSR count). The van der Waals surface area contributed by atoms with Crippen LogP contribution in [-0.2, 0) is 0 Å². The van der Waals surface area contributed by atoms with Crippen molar-refractivity contribution in [3.05, 3.63) is 18.5 Å². The molecule has 39 valence electrons. The van der Waals surface area contributed by atoms with Gasteiger partial charge in [0.1, 0.15) is 0 Å². The zero-order valence-electron chi connectivity index (χ0n) is 4.15.